The van der Waals surface area contributed by atoms with Gasteiger partial charge in [0.1, 0.15) is 11.6 Å². The molecule has 0 saturated carbocycles. The first-order valence-electron chi connectivity index (χ1n) is 6.56. The van der Waals surface area contributed by atoms with Crippen molar-refractivity contribution in [1.82, 2.24) is 19.5 Å². The Morgan fingerprint density at radius 2 is 2.05 bits per heavy atom. The molecule has 0 bridgehead atoms. The fraction of sp³-hybridized carbons (Fsp3) is 0.214. The van der Waals surface area contributed by atoms with Crippen LogP contribution in [0.25, 0.3) is 11.2 Å². The maximum absolute atomic E-state index is 12.9. The van der Waals surface area contributed by atoms with Gasteiger partial charge in [0, 0.05) is 13.0 Å². The van der Waals surface area contributed by atoms with Crippen LogP contribution in [0.4, 0.5) is 4.39 Å². The van der Waals surface area contributed by atoms with E-state index in [1.807, 2.05) is 0 Å². The van der Waals surface area contributed by atoms with Gasteiger partial charge in [-0.15, -0.1) is 0 Å². The lowest BCUT2D eigenvalue weighted by atomic mass is 10.2. The van der Waals surface area contributed by atoms with Gasteiger partial charge in [0.2, 0.25) is 0 Å². The topological polar surface area (TPSA) is 89.6 Å². The number of halogens is 1. The lowest BCUT2D eigenvalue weighted by Gasteiger charge is -2.04. The number of hydrogen-bond donors (Lipinski definition) is 2. The molecule has 3 rings (SSSR count). The first-order valence-corrected chi connectivity index (χ1v) is 6.56. The quantitative estimate of drug-likeness (QED) is 0.743. The molecule has 0 aliphatic carbocycles. The number of imidazole rings is 1. The van der Waals surface area contributed by atoms with E-state index in [0.29, 0.717) is 36.5 Å². The molecule has 0 fully saturated rings. The summed E-state index contributed by atoms with van der Waals surface area (Å²) in [5.41, 5.74) is 6.88. The molecule has 6 nitrogen and oxygen atoms in total. The second-order valence-electron chi connectivity index (χ2n) is 4.72. The molecular formula is C14H14FN5O. The Labute approximate surface area is 119 Å². The molecule has 0 aliphatic heterocycles. The van der Waals surface area contributed by atoms with Gasteiger partial charge >= 0.3 is 0 Å². The molecule has 3 N–H and O–H groups in total. The predicted molar refractivity (Wildman–Crippen MR) is 76.4 cm³/mol. The third kappa shape index (κ3) is 2.68. The number of hydrogen-bond acceptors (Lipinski definition) is 4. The number of aromatic amines is 1. The maximum Gasteiger partial charge on any atom is 0.277 e. The number of fused-ring (bicyclic) bond motifs is 1. The SMILES string of the molecule is NCCc1nc2ncn(Cc3ccc(F)cc3)c2c(=O)[nH]1. The third-order valence-corrected chi connectivity index (χ3v) is 3.18. The van der Waals surface area contributed by atoms with E-state index in [1.54, 1.807) is 23.0 Å². The minimum absolute atomic E-state index is 0.247. The highest BCUT2D eigenvalue weighted by atomic mass is 19.1. The molecule has 0 aliphatic rings. The molecule has 0 amide bonds. The van der Waals surface area contributed by atoms with Crippen LogP contribution in [0.5, 0.6) is 0 Å². The minimum Gasteiger partial charge on any atom is -0.330 e. The van der Waals surface area contributed by atoms with E-state index in [9.17, 15) is 9.18 Å². The van der Waals surface area contributed by atoms with Crippen LogP contribution in [0.3, 0.4) is 0 Å². The molecular weight excluding hydrogens is 273 g/mol. The van der Waals surface area contributed by atoms with Crippen LogP contribution < -0.4 is 11.3 Å². The molecule has 0 unspecified atom stereocenters. The normalized spacial score (nSPS) is 11.1. The van der Waals surface area contributed by atoms with Gasteiger partial charge in [0.15, 0.2) is 11.2 Å². The molecule has 2 aromatic heterocycles. The number of aromatic nitrogens is 4. The smallest absolute Gasteiger partial charge is 0.277 e. The molecule has 3 aromatic rings. The van der Waals surface area contributed by atoms with Crippen LogP contribution in [0.15, 0.2) is 35.4 Å². The van der Waals surface area contributed by atoms with Crippen LogP contribution >= 0.6 is 0 Å². The summed E-state index contributed by atoms with van der Waals surface area (Å²) in [5, 5.41) is 0. The summed E-state index contributed by atoms with van der Waals surface area (Å²) >= 11 is 0. The summed E-state index contributed by atoms with van der Waals surface area (Å²) in [4.78, 5) is 23.3. The Hall–Kier alpha value is -2.54. The van der Waals surface area contributed by atoms with Crippen molar-refractivity contribution in [3.05, 3.63) is 58.2 Å². The van der Waals surface area contributed by atoms with Crippen molar-refractivity contribution in [3.63, 3.8) is 0 Å². The third-order valence-electron chi connectivity index (χ3n) is 3.18. The summed E-state index contributed by atoms with van der Waals surface area (Å²) < 4.78 is 14.6. The first kappa shape index (κ1) is 13.4. The maximum atomic E-state index is 12.9. The Morgan fingerprint density at radius 3 is 2.76 bits per heavy atom. The van der Waals surface area contributed by atoms with E-state index in [2.05, 4.69) is 15.0 Å². The van der Waals surface area contributed by atoms with Crippen molar-refractivity contribution in [2.45, 2.75) is 13.0 Å². The van der Waals surface area contributed by atoms with E-state index in [-0.39, 0.29) is 11.4 Å². The molecule has 21 heavy (non-hydrogen) atoms. The van der Waals surface area contributed by atoms with Gasteiger partial charge in [-0.05, 0) is 24.2 Å². The Morgan fingerprint density at radius 1 is 1.29 bits per heavy atom. The Kier molecular flexibility index (Phi) is 3.49. The van der Waals surface area contributed by atoms with Gasteiger partial charge in [-0.3, -0.25) is 4.79 Å². The molecule has 0 radical (unpaired) electrons. The molecule has 0 spiro atoms. The standard InChI is InChI=1S/C14H14FN5O/c15-10-3-1-9(2-4-10)7-20-8-17-13-12(20)14(21)19-11(18-13)5-6-16/h1-4,8H,5-7,16H2,(H,18,19,21). The highest BCUT2D eigenvalue weighted by Gasteiger charge is 2.10. The minimum atomic E-state index is -0.292. The monoisotopic (exact) mass is 287 g/mol. The van der Waals surface area contributed by atoms with Crippen molar-refractivity contribution in [2.75, 3.05) is 6.54 Å². The average molecular weight is 287 g/mol. The van der Waals surface area contributed by atoms with Crippen LogP contribution in [-0.4, -0.2) is 26.1 Å². The largest absolute Gasteiger partial charge is 0.330 e. The molecule has 0 saturated heterocycles. The van der Waals surface area contributed by atoms with Crippen LogP contribution in [0.2, 0.25) is 0 Å². The summed E-state index contributed by atoms with van der Waals surface area (Å²) in [6.07, 6.45) is 2.05. The predicted octanol–water partition coefficient (Wildman–Crippen LogP) is 0.808. The summed E-state index contributed by atoms with van der Waals surface area (Å²) in [6.45, 7) is 0.836. The molecule has 2 heterocycles. The lowest BCUT2D eigenvalue weighted by Crippen LogP contribution is -2.17. The van der Waals surface area contributed by atoms with E-state index < -0.39 is 0 Å². The summed E-state index contributed by atoms with van der Waals surface area (Å²) in [7, 11) is 0. The van der Waals surface area contributed by atoms with E-state index in [4.69, 9.17) is 5.73 Å². The van der Waals surface area contributed by atoms with Crippen molar-refractivity contribution in [2.24, 2.45) is 5.73 Å². The highest BCUT2D eigenvalue weighted by Crippen LogP contribution is 2.10. The summed E-state index contributed by atoms with van der Waals surface area (Å²) in [6, 6.07) is 6.11. The van der Waals surface area contributed by atoms with Crippen LogP contribution in [0, 0.1) is 5.82 Å². The van der Waals surface area contributed by atoms with Gasteiger partial charge in [-0.25, -0.2) is 14.4 Å². The number of H-pyrrole nitrogens is 1. The molecule has 1 aromatic carbocycles. The van der Waals surface area contributed by atoms with E-state index >= 15 is 0 Å². The molecule has 7 heteroatoms. The van der Waals surface area contributed by atoms with E-state index in [1.165, 1.54) is 12.1 Å². The van der Waals surface area contributed by atoms with Crippen molar-refractivity contribution < 1.29 is 4.39 Å². The van der Waals surface area contributed by atoms with Crippen LogP contribution in [-0.2, 0) is 13.0 Å². The number of nitrogens with one attached hydrogen (secondary N) is 1. The van der Waals surface area contributed by atoms with Gasteiger partial charge in [0.25, 0.3) is 5.56 Å². The van der Waals surface area contributed by atoms with Gasteiger partial charge in [-0.1, -0.05) is 12.1 Å². The average Bonchev–Trinajstić information content (AvgIpc) is 2.85. The second-order valence-corrected chi connectivity index (χ2v) is 4.72. The first-order chi connectivity index (χ1) is 10.2. The number of benzene rings is 1. The zero-order chi connectivity index (χ0) is 14.8. The number of rotatable bonds is 4. The summed E-state index contributed by atoms with van der Waals surface area (Å²) in [5.74, 6) is 0.238. The van der Waals surface area contributed by atoms with E-state index in [0.717, 1.165) is 5.56 Å². The number of nitrogens with two attached hydrogens (primary N) is 1. The van der Waals surface area contributed by atoms with Gasteiger partial charge in [0.05, 0.1) is 6.33 Å². The zero-order valence-corrected chi connectivity index (χ0v) is 11.2. The van der Waals surface area contributed by atoms with Crippen molar-refractivity contribution >= 4 is 11.2 Å². The molecule has 0 atom stereocenters. The second kappa shape index (κ2) is 5.45. The Bertz CT molecular complexity index is 821. The fourth-order valence-electron chi connectivity index (χ4n) is 2.19. The highest BCUT2D eigenvalue weighted by molar-refractivity contribution is 5.69. The van der Waals surface area contributed by atoms with Crippen molar-refractivity contribution in [3.8, 4) is 0 Å². The Balaban J connectivity index is 2.00. The number of nitrogens with zero attached hydrogens (tertiary/aromatic N) is 3. The van der Waals surface area contributed by atoms with Crippen LogP contribution in [0.1, 0.15) is 11.4 Å². The lowest BCUT2D eigenvalue weighted by molar-refractivity contribution is 0.626. The van der Waals surface area contributed by atoms with Gasteiger partial charge in [-0.2, -0.15) is 0 Å². The van der Waals surface area contributed by atoms with Crippen molar-refractivity contribution in [1.29, 1.82) is 0 Å². The fourth-order valence-corrected chi connectivity index (χ4v) is 2.19. The zero-order valence-electron chi connectivity index (χ0n) is 11.2. The molecule has 108 valence electrons. The van der Waals surface area contributed by atoms with Gasteiger partial charge < -0.3 is 15.3 Å².